The zero-order valence-corrected chi connectivity index (χ0v) is 12.6. The van der Waals surface area contributed by atoms with E-state index in [-0.39, 0.29) is 5.97 Å². The van der Waals surface area contributed by atoms with Gasteiger partial charge in [0.15, 0.2) is 0 Å². The van der Waals surface area contributed by atoms with Crippen molar-refractivity contribution in [2.24, 2.45) is 11.8 Å². The van der Waals surface area contributed by atoms with Gasteiger partial charge in [0, 0.05) is 18.3 Å². The van der Waals surface area contributed by atoms with Crippen LogP contribution in [0.3, 0.4) is 0 Å². The quantitative estimate of drug-likeness (QED) is 0.717. The summed E-state index contributed by atoms with van der Waals surface area (Å²) in [4.78, 5) is 11.4. The Balaban J connectivity index is 2.15. The Hall–Kier alpha value is -1.35. The highest BCUT2D eigenvalue weighted by atomic mass is 16.7. The maximum Gasteiger partial charge on any atom is 0.333 e. The maximum atomic E-state index is 11.4. The number of carbonyl (C=O) groups is 1. The summed E-state index contributed by atoms with van der Waals surface area (Å²) >= 11 is 0. The number of cyclic esters (lactones) is 1. The highest BCUT2D eigenvalue weighted by Crippen LogP contribution is 2.37. The van der Waals surface area contributed by atoms with E-state index in [2.05, 4.69) is 26.5 Å². The summed E-state index contributed by atoms with van der Waals surface area (Å²) in [5.41, 5.74) is 3.46. The summed E-state index contributed by atoms with van der Waals surface area (Å²) < 4.78 is 10.7. The molecule has 0 aromatic heterocycles. The van der Waals surface area contributed by atoms with Crippen molar-refractivity contribution >= 4 is 5.97 Å². The molecule has 0 aromatic carbocycles. The Morgan fingerprint density at radius 3 is 2.80 bits per heavy atom. The van der Waals surface area contributed by atoms with Gasteiger partial charge in [-0.05, 0) is 38.0 Å². The first-order valence-electron chi connectivity index (χ1n) is 7.42. The second-order valence-corrected chi connectivity index (χ2v) is 5.89. The van der Waals surface area contributed by atoms with Crippen LogP contribution in [0, 0.1) is 11.8 Å². The fourth-order valence-electron chi connectivity index (χ4n) is 3.01. The lowest BCUT2D eigenvalue weighted by molar-refractivity contribution is -0.158. The fraction of sp³-hybridized carbons (Fsp3) is 0.588. The second-order valence-electron chi connectivity index (χ2n) is 5.89. The van der Waals surface area contributed by atoms with Crippen molar-refractivity contribution in [1.82, 2.24) is 0 Å². The lowest BCUT2D eigenvalue weighted by Crippen LogP contribution is -2.20. The summed E-state index contributed by atoms with van der Waals surface area (Å²) in [6.45, 7) is 11.0. The summed E-state index contributed by atoms with van der Waals surface area (Å²) in [6, 6.07) is 0. The van der Waals surface area contributed by atoms with Crippen LogP contribution >= 0.6 is 0 Å². The van der Waals surface area contributed by atoms with Crippen LogP contribution in [0.2, 0.25) is 0 Å². The normalized spacial score (nSPS) is 26.6. The summed E-state index contributed by atoms with van der Waals surface area (Å²) in [5, 5.41) is 0. The number of allylic oxidation sites excluding steroid dienone is 3. The van der Waals surface area contributed by atoms with Gasteiger partial charge in [0.05, 0.1) is 0 Å². The minimum Gasteiger partial charge on any atom is -0.428 e. The molecule has 0 saturated heterocycles. The summed E-state index contributed by atoms with van der Waals surface area (Å²) in [7, 11) is 0. The molecule has 0 saturated carbocycles. The zero-order chi connectivity index (χ0) is 14.7. The Kier molecular flexibility index (Phi) is 4.81. The highest BCUT2D eigenvalue weighted by Gasteiger charge is 2.30. The Labute approximate surface area is 121 Å². The molecule has 1 unspecified atom stereocenters. The lowest BCUT2D eigenvalue weighted by atomic mass is 9.76. The number of ether oxygens (including phenoxy) is 2. The smallest absolute Gasteiger partial charge is 0.333 e. The summed E-state index contributed by atoms with van der Waals surface area (Å²) in [6.07, 6.45) is 6.23. The Morgan fingerprint density at radius 1 is 1.40 bits per heavy atom. The lowest BCUT2D eigenvalue weighted by Gasteiger charge is -2.29. The van der Waals surface area contributed by atoms with Gasteiger partial charge >= 0.3 is 5.97 Å². The third-order valence-electron chi connectivity index (χ3n) is 4.00. The number of carbonyl (C=O) groups excluding carboxylic acids is 1. The maximum absolute atomic E-state index is 11.4. The first-order valence-corrected chi connectivity index (χ1v) is 7.42. The van der Waals surface area contributed by atoms with Gasteiger partial charge in [0.1, 0.15) is 0 Å². The van der Waals surface area contributed by atoms with Crippen LogP contribution in [0.4, 0.5) is 0 Å². The van der Waals surface area contributed by atoms with Crippen molar-refractivity contribution in [3.63, 3.8) is 0 Å². The predicted molar refractivity (Wildman–Crippen MR) is 79.0 cm³/mol. The van der Waals surface area contributed by atoms with Gasteiger partial charge in [0.25, 0.3) is 0 Å². The van der Waals surface area contributed by atoms with Crippen LogP contribution in [0.1, 0.15) is 40.0 Å². The number of hydrogen-bond acceptors (Lipinski definition) is 3. The second kappa shape index (κ2) is 6.40. The van der Waals surface area contributed by atoms with E-state index in [0.717, 1.165) is 24.8 Å². The molecule has 0 fully saturated rings. The van der Waals surface area contributed by atoms with Gasteiger partial charge in [0.2, 0.25) is 6.29 Å². The molecule has 3 heteroatoms. The summed E-state index contributed by atoms with van der Waals surface area (Å²) in [5.74, 6) is 0.854. The SMILES string of the molecule is C=C1C=C(CC2=CC(=O)OC2OCC)[C@@H](C(C)C)CC1. The van der Waals surface area contributed by atoms with Crippen molar-refractivity contribution < 1.29 is 14.3 Å². The molecule has 1 aliphatic heterocycles. The molecule has 0 spiro atoms. The number of esters is 1. The molecule has 0 amide bonds. The molecular weight excluding hydrogens is 252 g/mol. The molecule has 2 aliphatic rings. The first kappa shape index (κ1) is 15.0. The van der Waals surface area contributed by atoms with Crippen molar-refractivity contribution in [2.45, 2.75) is 46.3 Å². The van der Waals surface area contributed by atoms with Crippen molar-refractivity contribution in [3.8, 4) is 0 Å². The van der Waals surface area contributed by atoms with Crippen LogP contribution < -0.4 is 0 Å². The molecule has 20 heavy (non-hydrogen) atoms. The predicted octanol–water partition coefficient (Wildman–Crippen LogP) is 3.77. The van der Waals surface area contributed by atoms with Crippen LogP contribution in [0.15, 0.2) is 35.5 Å². The van der Waals surface area contributed by atoms with Gasteiger partial charge in [-0.1, -0.05) is 37.6 Å². The molecule has 1 heterocycles. The molecule has 3 nitrogen and oxygen atoms in total. The first-order chi connectivity index (χ1) is 9.51. The molecule has 2 rings (SSSR count). The molecule has 0 bridgehead atoms. The molecular formula is C17H24O3. The molecule has 0 aromatic rings. The van der Waals surface area contributed by atoms with Gasteiger partial charge < -0.3 is 9.47 Å². The molecule has 0 N–H and O–H groups in total. The molecule has 110 valence electrons. The van der Waals surface area contributed by atoms with Crippen molar-refractivity contribution in [2.75, 3.05) is 6.61 Å². The van der Waals surface area contributed by atoms with E-state index in [1.165, 1.54) is 11.1 Å². The zero-order valence-electron chi connectivity index (χ0n) is 12.6. The van der Waals surface area contributed by atoms with E-state index in [9.17, 15) is 4.79 Å². The largest absolute Gasteiger partial charge is 0.428 e. The average molecular weight is 276 g/mol. The number of hydrogen-bond donors (Lipinski definition) is 0. The fourth-order valence-corrected chi connectivity index (χ4v) is 3.01. The molecule has 1 aliphatic carbocycles. The Bertz CT molecular complexity index is 457. The van der Waals surface area contributed by atoms with E-state index in [0.29, 0.717) is 18.4 Å². The number of rotatable bonds is 5. The topological polar surface area (TPSA) is 35.5 Å². The van der Waals surface area contributed by atoms with E-state index in [1.807, 2.05) is 6.92 Å². The van der Waals surface area contributed by atoms with Gasteiger partial charge in [-0.3, -0.25) is 0 Å². The Morgan fingerprint density at radius 2 is 2.15 bits per heavy atom. The third-order valence-corrected chi connectivity index (χ3v) is 4.00. The van der Waals surface area contributed by atoms with Gasteiger partial charge in [-0.2, -0.15) is 0 Å². The average Bonchev–Trinajstić information content (AvgIpc) is 2.69. The molecule has 0 radical (unpaired) electrons. The minimum absolute atomic E-state index is 0.296. The van der Waals surface area contributed by atoms with Crippen molar-refractivity contribution in [3.05, 3.63) is 35.5 Å². The van der Waals surface area contributed by atoms with E-state index < -0.39 is 6.29 Å². The monoisotopic (exact) mass is 276 g/mol. The van der Waals surface area contributed by atoms with Gasteiger partial charge in [-0.15, -0.1) is 0 Å². The van der Waals surface area contributed by atoms with E-state index in [4.69, 9.17) is 9.47 Å². The minimum atomic E-state index is -0.503. The highest BCUT2D eigenvalue weighted by molar-refractivity contribution is 5.85. The van der Waals surface area contributed by atoms with Crippen LogP contribution in [0.5, 0.6) is 0 Å². The van der Waals surface area contributed by atoms with Crippen LogP contribution in [-0.2, 0) is 14.3 Å². The van der Waals surface area contributed by atoms with E-state index >= 15 is 0 Å². The van der Waals surface area contributed by atoms with Crippen LogP contribution in [-0.4, -0.2) is 18.9 Å². The standard InChI is InChI=1S/C17H24O3/c1-5-19-17-14(10-16(18)20-17)9-13-8-12(4)6-7-15(13)11(2)3/h8,10-11,15,17H,4-7,9H2,1-3H3/t15-,17?/m1/s1. The third kappa shape index (κ3) is 3.40. The van der Waals surface area contributed by atoms with Gasteiger partial charge in [-0.25, -0.2) is 4.79 Å². The molecule has 2 atom stereocenters. The van der Waals surface area contributed by atoms with Crippen molar-refractivity contribution in [1.29, 1.82) is 0 Å². The van der Waals surface area contributed by atoms with E-state index in [1.54, 1.807) is 6.08 Å². The van der Waals surface area contributed by atoms with Crippen LogP contribution in [0.25, 0.3) is 0 Å².